The molecule has 0 aliphatic heterocycles. The number of methoxy groups -OCH3 is 3. The topological polar surface area (TPSA) is 143 Å². The van der Waals surface area contributed by atoms with Gasteiger partial charge in [-0.25, -0.2) is 9.59 Å². The fourth-order valence-corrected chi connectivity index (χ4v) is 2.72. The third kappa shape index (κ3) is 6.42. The molecule has 0 aliphatic carbocycles. The van der Waals surface area contributed by atoms with E-state index in [1.165, 1.54) is 14.2 Å². The number of hydrogen-bond acceptors (Lipinski definition) is 9. The zero-order valence-corrected chi connectivity index (χ0v) is 17.7. The first-order valence-electron chi connectivity index (χ1n) is 9.31. The number of amides is 1. The Hall–Kier alpha value is -4.15. The molecule has 2 rings (SSSR count). The molecule has 2 aromatic carbocycles. The molecule has 0 spiro atoms. The van der Waals surface area contributed by atoms with E-state index in [-0.39, 0.29) is 17.7 Å². The Bertz CT molecular complexity index is 1020. The second kappa shape index (κ2) is 11.3. The predicted molar refractivity (Wildman–Crippen MR) is 111 cm³/mol. The minimum absolute atomic E-state index is 0.187. The number of ether oxygens (including phenoxy) is 4. The lowest BCUT2D eigenvalue weighted by Crippen LogP contribution is -2.30. The SMILES string of the molecule is COC(=O)c1cc(C(=O)OCC(=O)NCCc2ccc(OC)c(OC)c2)cc([N+](=O)[O-])c1. The van der Waals surface area contributed by atoms with Crippen LogP contribution in [-0.4, -0.2) is 57.3 Å². The number of carbonyl (C=O) groups is 3. The first-order valence-corrected chi connectivity index (χ1v) is 9.31. The molecule has 0 saturated heterocycles. The molecular weight excluding hydrogens is 424 g/mol. The Balaban J connectivity index is 1.91. The molecule has 11 nitrogen and oxygen atoms in total. The number of rotatable bonds is 10. The highest BCUT2D eigenvalue weighted by atomic mass is 16.6. The molecule has 1 N–H and O–H groups in total. The first kappa shape index (κ1) is 24.1. The fourth-order valence-electron chi connectivity index (χ4n) is 2.72. The van der Waals surface area contributed by atoms with E-state index in [4.69, 9.17) is 14.2 Å². The lowest BCUT2D eigenvalue weighted by atomic mass is 10.1. The number of benzene rings is 2. The number of esters is 2. The Morgan fingerprint density at radius 2 is 1.59 bits per heavy atom. The van der Waals surface area contributed by atoms with Crippen molar-refractivity contribution < 1.29 is 38.3 Å². The van der Waals surface area contributed by atoms with Crippen molar-refractivity contribution >= 4 is 23.5 Å². The third-order valence-corrected chi connectivity index (χ3v) is 4.30. The summed E-state index contributed by atoms with van der Waals surface area (Å²) in [5.74, 6) is -1.25. The van der Waals surface area contributed by atoms with Gasteiger partial charge in [-0.3, -0.25) is 14.9 Å². The van der Waals surface area contributed by atoms with Crippen LogP contribution in [0.4, 0.5) is 5.69 Å². The zero-order valence-electron chi connectivity index (χ0n) is 17.7. The second-order valence-electron chi connectivity index (χ2n) is 6.38. The summed E-state index contributed by atoms with van der Waals surface area (Å²) in [6.45, 7) is -0.323. The van der Waals surface area contributed by atoms with E-state index in [0.717, 1.165) is 30.9 Å². The summed E-state index contributed by atoms with van der Waals surface area (Å²) < 4.78 is 19.8. The van der Waals surface area contributed by atoms with Crippen LogP contribution in [0.25, 0.3) is 0 Å². The summed E-state index contributed by atoms with van der Waals surface area (Å²) in [6.07, 6.45) is 0.493. The number of hydrogen-bond donors (Lipinski definition) is 1. The monoisotopic (exact) mass is 446 g/mol. The van der Waals surface area contributed by atoms with Crippen molar-refractivity contribution in [2.45, 2.75) is 6.42 Å². The minimum Gasteiger partial charge on any atom is -0.493 e. The van der Waals surface area contributed by atoms with E-state index in [1.54, 1.807) is 12.1 Å². The van der Waals surface area contributed by atoms with Gasteiger partial charge in [0.2, 0.25) is 0 Å². The highest BCUT2D eigenvalue weighted by Crippen LogP contribution is 2.27. The van der Waals surface area contributed by atoms with Gasteiger partial charge >= 0.3 is 11.9 Å². The summed E-state index contributed by atoms with van der Waals surface area (Å²) in [6, 6.07) is 8.38. The number of nitrogens with one attached hydrogen (secondary N) is 1. The lowest BCUT2D eigenvalue weighted by Gasteiger charge is -2.10. The largest absolute Gasteiger partial charge is 0.493 e. The average Bonchev–Trinajstić information content (AvgIpc) is 2.81. The average molecular weight is 446 g/mol. The molecule has 0 aromatic heterocycles. The maximum atomic E-state index is 12.2. The zero-order chi connectivity index (χ0) is 23.7. The third-order valence-electron chi connectivity index (χ3n) is 4.30. The number of nitrogens with zero attached hydrogens (tertiary/aromatic N) is 1. The molecular formula is C21H22N2O9. The minimum atomic E-state index is -0.992. The van der Waals surface area contributed by atoms with Crippen molar-refractivity contribution in [3.8, 4) is 11.5 Å². The van der Waals surface area contributed by atoms with Gasteiger partial charge in [0.25, 0.3) is 11.6 Å². The van der Waals surface area contributed by atoms with Crippen LogP contribution in [0, 0.1) is 10.1 Å². The number of nitro groups is 1. The molecule has 0 unspecified atom stereocenters. The van der Waals surface area contributed by atoms with Gasteiger partial charge in [0, 0.05) is 18.7 Å². The van der Waals surface area contributed by atoms with E-state index >= 15 is 0 Å². The van der Waals surface area contributed by atoms with E-state index in [9.17, 15) is 24.5 Å². The van der Waals surface area contributed by atoms with Crippen LogP contribution in [0.5, 0.6) is 11.5 Å². The molecule has 170 valence electrons. The molecule has 0 radical (unpaired) electrons. The van der Waals surface area contributed by atoms with E-state index in [2.05, 4.69) is 10.1 Å². The highest BCUT2D eigenvalue weighted by Gasteiger charge is 2.20. The van der Waals surface area contributed by atoms with Crippen LogP contribution in [0.2, 0.25) is 0 Å². The van der Waals surface area contributed by atoms with E-state index < -0.39 is 35.1 Å². The molecule has 0 heterocycles. The molecule has 0 aliphatic rings. The van der Waals surface area contributed by atoms with Crippen LogP contribution in [0.15, 0.2) is 36.4 Å². The molecule has 0 bridgehead atoms. The first-order chi connectivity index (χ1) is 15.3. The Kier molecular flexibility index (Phi) is 8.52. The molecule has 0 atom stereocenters. The Morgan fingerprint density at radius 1 is 0.938 bits per heavy atom. The normalized spacial score (nSPS) is 10.1. The summed E-state index contributed by atoms with van der Waals surface area (Å²) in [5.41, 5.74) is -0.0307. The van der Waals surface area contributed by atoms with Crippen LogP contribution >= 0.6 is 0 Å². The van der Waals surface area contributed by atoms with Crippen molar-refractivity contribution in [1.82, 2.24) is 5.32 Å². The van der Waals surface area contributed by atoms with Crippen LogP contribution in [0.3, 0.4) is 0 Å². The van der Waals surface area contributed by atoms with Gasteiger partial charge in [0.15, 0.2) is 18.1 Å². The lowest BCUT2D eigenvalue weighted by molar-refractivity contribution is -0.384. The van der Waals surface area contributed by atoms with Crippen LogP contribution in [0.1, 0.15) is 26.3 Å². The molecule has 0 saturated carbocycles. The van der Waals surface area contributed by atoms with Gasteiger partial charge in [0.05, 0.1) is 37.4 Å². The Labute approximate surface area is 183 Å². The van der Waals surface area contributed by atoms with Crippen LogP contribution < -0.4 is 14.8 Å². The predicted octanol–water partition coefficient (Wildman–Crippen LogP) is 1.91. The van der Waals surface area contributed by atoms with Gasteiger partial charge < -0.3 is 24.3 Å². The van der Waals surface area contributed by atoms with Gasteiger partial charge in [-0.05, 0) is 30.2 Å². The van der Waals surface area contributed by atoms with Gasteiger partial charge in [0.1, 0.15) is 0 Å². The van der Waals surface area contributed by atoms with Crippen molar-refractivity contribution in [2.75, 3.05) is 34.5 Å². The molecule has 11 heteroatoms. The number of nitro benzene ring substituents is 1. The number of carbonyl (C=O) groups excluding carboxylic acids is 3. The summed E-state index contributed by atoms with van der Waals surface area (Å²) >= 11 is 0. The number of non-ortho nitro benzene ring substituents is 1. The van der Waals surface area contributed by atoms with Crippen LogP contribution in [-0.2, 0) is 20.7 Å². The van der Waals surface area contributed by atoms with Crippen molar-refractivity contribution in [2.24, 2.45) is 0 Å². The summed E-state index contributed by atoms with van der Waals surface area (Å²) in [5, 5.41) is 13.6. The van der Waals surface area contributed by atoms with Gasteiger partial charge in [-0.1, -0.05) is 6.07 Å². The summed E-state index contributed by atoms with van der Waals surface area (Å²) in [4.78, 5) is 46.1. The van der Waals surface area contributed by atoms with E-state index in [0.29, 0.717) is 17.9 Å². The maximum Gasteiger partial charge on any atom is 0.338 e. The quantitative estimate of drug-likeness (QED) is 0.329. The smallest absolute Gasteiger partial charge is 0.338 e. The molecule has 1 amide bonds. The van der Waals surface area contributed by atoms with E-state index in [1.807, 2.05) is 6.07 Å². The molecule has 0 fully saturated rings. The highest BCUT2D eigenvalue weighted by molar-refractivity contribution is 5.97. The van der Waals surface area contributed by atoms with Gasteiger partial charge in [-0.2, -0.15) is 0 Å². The second-order valence-corrected chi connectivity index (χ2v) is 6.38. The standard InChI is InChI=1S/C21H22N2O9/c1-29-17-5-4-13(8-18(17)30-2)6-7-22-19(24)12-32-21(26)15-9-14(20(25)31-3)10-16(11-15)23(27)28/h4-5,8-11H,6-7,12H2,1-3H3,(H,22,24). The van der Waals surface area contributed by atoms with Gasteiger partial charge in [-0.15, -0.1) is 0 Å². The Morgan fingerprint density at radius 3 is 2.19 bits per heavy atom. The summed E-state index contributed by atoms with van der Waals surface area (Å²) in [7, 11) is 4.15. The fraction of sp³-hybridized carbons (Fsp3) is 0.286. The maximum absolute atomic E-state index is 12.2. The van der Waals surface area contributed by atoms with Crippen molar-refractivity contribution in [3.05, 3.63) is 63.2 Å². The molecule has 2 aromatic rings. The van der Waals surface area contributed by atoms with Crippen molar-refractivity contribution in [3.63, 3.8) is 0 Å². The van der Waals surface area contributed by atoms with Crippen molar-refractivity contribution in [1.29, 1.82) is 0 Å². The molecule has 32 heavy (non-hydrogen) atoms.